The number of hydrogen-bond acceptors (Lipinski definition) is 3. The van der Waals surface area contributed by atoms with Crippen LogP contribution in [0.4, 0.5) is 13.6 Å². The second-order valence-electron chi connectivity index (χ2n) is 7.59. The fourth-order valence-electron chi connectivity index (χ4n) is 3.48. The van der Waals surface area contributed by atoms with Gasteiger partial charge in [-0.3, -0.25) is 4.98 Å². The summed E-state index contributed by atoms with van der Waals surface area (Å²) in [5.74, 6) is -0.830. The number of carbonyl (C=O) groups excluding carboxylic acids is 1. The largest absolute Gasteiger partial charge is 0.453 e. The number of amides is 1. The van der Waals surface area contributed by atoms with Crippen LogP contribution in [0.5, 0.6) is 0 Å². The first-order valence-electron chi connectivity index (χ1n) is 8.63. The first-order valence-corrected chi connectivity index (χ1v) is 12.5. The number of benzene rings is 1. The summed E-state index contributed by atoms with van der Waals surface area (Å²) in [7, 11) is -0.779. The average Bonchev–Trinajstić information content (AvgIpc) is 2.61. The quantitative estimate of drug-likeness (QED) is 0.691. The number of halogens is 3. The van der Waals surface area contributed by atoms with Gasteiger partial charge in [-0.15, -0.1) is 0 Å². The molecule has 1 aromatic carbocycles. The molecular formula is C19H21ClF2N2O2Si. The molecular weight excluding hydrogens is 390 g/mol. The van der Waals surface area contributed by atoms with E-state index in [1.165, 1.54) is 30.3 Å². The summed E-state index contributed by atoms with van der Waals surface area (Å²) in [5.41, 5.74) is 1.66. The highest BCUT2D eigenvalue weighted by Crippen LogP contribution is 2.33. The van der Waals surface area contributed by atoms with E-state index < -0.39 is 20.0 Å². The maximum atomic E-state index is 15.4. The second-order valence-corrected chi connectivity index (χ2v) is 13.0. The molecule has 0 unspecified atom stereocenters. The SMILES string of the molecule is COC(=O)N1CCc2c(F)ccc(-c3ncc(Cl)c([Si](C)(C)C)c3F)c2C1. The van der Waals surface area contributed by atoms with Gasteiger partial charge in [0.15, 0.2) is 0 Å². The van der Waals surface area contributed by atoms with Gasteiger partial charge < -0.3 is 9.64 Å². The van der Waals surface area contributed by atoms with Crippen LogP contribution >= 0.6 is 11.6 Å². The van der Waals surface area contributed by atoms with Gasteiger partial charge in [0, 0.05) is 18.3 Å². The topological polar surface area (TPSA) is 42.4 Å². The van der Waals surface area contributed by atoms with Crippen molar-refractivity contribution in [2.75, 3.05) is 13.7 Å². The molecule has 144 valence electrons. The van der Waals surface area contributed by atoms with Crippen molar-refractivity contribution in [1.29, 1.82) is 0 Å². The Morgan fingerprint density at radius 3 is 2.59 bits per heavy atom. The van der Waals surface area contributed by atoms with Gasteiger partial charge in [-0.2, -0.15) is 0 Å². The Bertz CT molecular complexity index is 916. The molecule has 3 rings (SSSR count). The smallest absolute Gasteiger partial charge is 0.409 e. The summed E-state index contributed by atoms with van der Waals surface area (Å²) in [4.78, 5) is 17.6. The average molecular weight is 411 g/mol. The Balaban J connectivity index is 2.19. The van der Waals surface area contributed by atoms with E-state index in [0.29, 0.717) is 39.9 Å². The molecule has 1 aromatic heterocycles. The van der Waals surface area contributed by atoms with E-state index in [-0.39, 0.29) is 18.1 Å². The highest BCUT2D eigenvalue weighted by molar-refractivity contribution is 6.90. The van der Waals surface area contributed by atoms with Crippen molar-refractivity contribution in [3.05, 3.63) is 46.1 Å². The van der Waals surface area contributed by atoms with E-state index in [1.54, 1.807) is 0 Å². The van der Waals surface area contributed by atoms with E-state index in [0.717, 1.165) is 0 Å². The Morgan fingerprint density at radius 2 is 1.96 bits per heavy atom. The molecule has 0 radical (unpaired) electrons. The molecule has 0 spiro atoms. The molecule has 1 amide bonds. The minimum atomic E-state index is -2.08. The van der Waals surface area contributed by atoms with E-state index in [4.69, 9.17) is 16.3 Å². The first kappa shape index (κ1) is 19.8. The van der Waals surface area contributed by atoms with Crippen molar-refractivity contribution in [3.8, 4) is 11.3 Å². The fourth-order valence-corrected chi connectivity index (χ4v) is 6.02. The third-order valence-electron chi connectivity index (χ3n) is 4.77. The Labute approximate surface area is 163 Å². The minimum Gasteiger partial charge on any atom is -0.453 e. The van der Waals surface area contributed by atoms with Crippen molar-refractivity contribution < 1.29 is 18.3 Å². The van der Waals surface area contributed by atoms with Gasteiger partial charge >= 0.3 is 6.09 Å². The third-order valence-corrected chi connectivity index (χ3v) is 7.20. The highest BCUT2D eigenvalue weighted by Gasteiger charge is 2.30. The van der Waals surface area contributed by atoms with E-state index in [2.05, 4.69) is 4.98 Å². The zero-order valence-corrected chi connectivity index (χ0v) is 17.5. The van der Waals surface area contributed by atoms with Crippen LogP contribution in [0, 0.1) is 11.6 Å². The summed E-state index contributed by atoms with van der Waals surface area (Å²) in [5, 5.41) is 0.801. The minimum absolute atomic E-state index is 0.139. The Morgan fingerprint density at radius 1 is 1.26 bits per heavy atom. The molecule has 0 saturated carbocycles. The van der Waals surface area contributed by atoms with Crippen LogP contribution in [0.15, 0.2) is 18.3 Å². The van der Waals surface area contributed by atoms with Crippen LogP contribution in [-0.2, 0) is 17.7 Å². The van der Waals surface area contributed by atoms with Gasteiger partial charge in [0.2, 0.25) is 0 Å². The molecule has 0 bridgehead atoms. The van der Waals surface area contributed by atoms with Crippen LogP contribution in [-0.4, -0.2) is 37.7 Å². The Kier molecular flexibility index (Phi) is 5.27. The number of carbonyl (C=O) groups is 1. The van der Waals surface area contributed by atoms with Crippen LogP contribution in [0.1, 0.15) is 11.1 Å². The standard InChI is InChI=1S/C19H21ClF2N2O2Si/c1-26-19(25)24-8-7-11-13(10-24)12(5-6-15(11)21)17-16(22)18(27(2,3)4)14(20)9-23-17/h5-6,9H,7-8,10H2,1-4H3. The lowest BCUT2D eigenvalue weighted by molar-refractivity contribution is 0.118. The van der Waals surface area contributed by atoms with Gasteiger partial charge in [-0.05, 0) is 34.9 Å². The molecule has 0 saturated heterocycles. The van der Waals surface area contributed by atoms with Crippen molar-refractivity contribution in [2.24, 2.45) is 0 Å². The number of aromatic nitrogens is 1. The normalized spacial score (nSPS) is 14.1. The second kappa shape index (κ2) is 7.20. The zero-order chi connectivity index (χ0) is 19.9. The molecule has 0 N–H and O–H groups in total. The maximum Gasteiger partial charge on any atom is 0.409 e. The number of nitrogens with zero attached hydrogens (tertiary/aromatic N) is 2. The van der Waals surface area contributed by atoms with Crippen molar-refractivity contribution >= 4 is 31.0 Å². The van der Waals surface area contributed by atoms with Crippen LogP contribution in [0.25, 0.3) is 11.3 Å². The molecule has 4 nitrogen and oxygen atoms in total. The number of fused-ring (bicyclic) bond motifs is 1. The molecule has 0 atom stereocenters. The maximum absolute atomic E-state index is 15.4. The molecule has 0 aliphatic carbocycles. The molecule has 1 aliphatic heterocycles. The lowest BCUT2D eigenvalue weighted by atomic mass is 9.92. The summed E-state index contributed by atoms with van der Waals surface area (Å²) < 4.78 is 34.5. The van der Waals surface area contributed by atoms with Crippen molar-refractivity contribution in [3.63, 3.8) is 0 Å². The lowest BCUT2D eigenvalue weighted by Crippen LogP contribution is -2.41. The highest BCUT2D eigenvalue weighted by atomic mass is 35.5. The van der Waals surface area contributed by atoms with Crippen molar-refractivity contribution in [1.82, 2.24) is 9.88 Å². The van der Waals surface area contributed by atoms with Crippen LogP contribution < -0.4 is 5.19 Å². The number of pyridine rings is 1. The number of rotatable bonds is 2. The van der Waals surface area contributed by atoms with E-state index in [1.807, 2.05) is 19.6 Å². The monoisotopic (exact) mass is 410 g/mol. The molecule has 27 heavy (non-hydrogen) atoms. The van der Waals surface area contributed by atoms with Gasteiger partial charge in [-0.25, -0.2) is 13.6 Å². The molecule has 0 fully saturated rings. The van der Waals surface area contributed by atoms with Gasteiger partial charge in [0.1, 0.15) is 17.3 Å². The number of ether oxygens (including phenoxy) is 1. The van der Waals surface area contributed by atoms with Gasteiger partial charge in [-0.1, -0.05) is 31.2 Å². The van der Waals surface area contributed by atoms with Crippen molar-refractivity contribution in [2.45, 2.75) is 32.6 Å². The number of hydrogen-bond donors (Lipinski definition) is 0. The fraction of sp³-hybridized carbons (Fsp3) is 0.368. The number of methoxy groups -OCH3 is 1. The van der Waals surface area contributed by atoms with Crippen LogP contribution in [0.2, 0.25) is 24.7 Å². The summed E-state index contributed by atoms with van der Waals surface area (Å²) in [6.07, 6.45) is 1.29. The van der Waals surface area contributed by atoms with Gasteiger partial charge in [0.25, 0.3) is 0 Å². The molecule has 8 heteroatoms. The molecule has 2 heterocycles. The predicted molar refractivity (Wildman–Crippen MR) is 104 cm³/mol. The first-order chi connectivity index (χ1) is 12.6. The van der Waals surface area contributed by atoms with Gasteiger partial charge in [0.05, 0.1) is 26.8 Å². The molecule has 1 aliphatic rings. The Hall–Kier alpha value is -1.99. The van der Waals surface area contributed by atoms with E-state index >= 15 is 4.39 Å². The molecule has 2 aromatic rings. The predicted octanol–water partition coefficient (Wildman–Crippen LogP) is 4.35. The van der Waals surface area contributed by atoms with Crippen LogP contribution in [0.3, 0.4) is 0 Å². The van der Waals surface area contributed by atoms with E-state index in [9.17, 15) is 9.18 Å². The third kappa shape index (κ3) is 3.58. The summed E-state index contributed by atoms with van der Waals surface area (Å²) in [6, 6.07) is 2.84. The summed E-state index contributed by atoms with van der Waals surface area (Å²) >= 11 is 6.23. The zero-order valence-electron chi connectivity index (χ0n) is 15.7. The summed E-state index contributed by atoms with van der Waals surface area (Å²) in [6.45, 7) is 6.48. The lowest BCUT2D eigenvalue weighted by Gasteiger charge is -2.30.